The molecule has 0 atom stereocenters. The molecule has 4 nitrogen and oxygen atoms in total. The summed E-state index contributed by atoms with van der Waals surface area (Å²) in [5.41, 5.74) is 1.26. The maximum absolute atomic E-state index is 11.3. The van der Waals surface area contributed by atoms with Crippen molar-refractivity contribution in [1.82, 2.24) is 0 Å². The van der Waals surface area contributed by atoms with E-state index in [2.05, 4.69) is 4.74 Å². The number of methoxy groups -OCH3 is 1. The van der Waals surface area contributed by atoms with Crippen LogP contribution in [-0.2, 0) is 9.53 Å². The summed E-state index contributed by atoms with van der Waals surface area (Å²) < 4.78 is 4.59. The van der Waals surface area contributed by atoms with Crippen LogP contribution in [0.5, 0.6) is 0 Å². The summed E-state index contributed by atoms with van der Waals surface area (Å²) in [6.45, 7) is 4.01. The standard InChI is InChI=1S/C12H15NO3/c1-4-13(9(2)14)11-7-5-10(6-8-11)12(15)16-3/h5-8H,4H2,1-3H3. The first-order chi connectivity index (χ1) is 7.60. The fourth-order valence-electron chi connectivity index (χ4n) is 1.48. The van der Waals surface area contributed by atoms with Crippen molar-refractivity contribution < 1.29 is 14.3 Å². The highest BCUT2D eigenvalue weighted by atomic mass is 16.5. The molecular formula is C12H15NO3. The Bertz CT molecular complexity index is 384. The highest BCUT2D eigenvalue weighted by Crippen LogP contribution is 2.15. The van der Waals surface area contributed by atoms with Crippen molar-refractivity contribution in [2.75, 3.05) is 18.6 Å². The Morgan fingerprint density at radius 1 is 1.25 bits per heavy atom. The van der Waals surface area contributed by atoms with Crippen LogP contribution in [0.4, 0.5) is 5.69 Å². The summed E-state index contributed by atoms with van der Waals surface area (Å²) in [6.07, 6.45) is 0. The minimum Gasteiger partial charge on any atom is -0.465 e. The van der Waals surface area contributed by atoms with Gasteiger partial charge in [0.15, 0.2) is 0 Å². The summed E-state index contributed by atoms with van der Waals surface area (Å²) in [5.74, 6) is -0.397. The summed E-state index contributed by atoms with van der Waals surface area (Å²) >= 11 is 0. The molecule has 0 radical (unpaired) electrons. The van der Waals surface area contributed by atoms with Gasteiger partial charge in [0, 0.05) is 19.2 Å². The molecule has 0 aromatic heterocycles. The summed E-state index contributed by atoms with van der Waals surface area (Å²) in [4.78, 5) is 24.1. The minimum absolute atomic E-state index is 0.0201. The number of ether oxygens (including phenoxy) is 1. The van der Waals surface area contributed by atoms with Gasteiger partial charge in [0.2, 0.25) is 5.91 Å². The SMILES string of the molecule is CCN(C(C)=O)c1ccc(C(=O)OC)cc1. The summed E-state index contributed by atoms with van der Waals surface area (Å²) in [5, 5.41) is 0. The predicted octanol–water partition coefficient (Wildman–Crippen LogP) is 1.85. The highest BCUT2D eigenvalue weighted by molar-refractivity contribution is 5.93. The second kappa shape index (κ2) is 5.30. The van der Waals surface area contributed by atoms with Gasteiger partial charge in [-0.25, -0.2) is 4.79 Å². The van der Waals surface area contributed by atoms with Gasteiger partial charge in [-0.3, -0.25) is 4.79 Å². The first kappa shape index (κ1) is 12.2. The van der Waals surface area contributed by atoms with Crippen LogP contribution in [0.25, 0.3) is 0 Å². The van der Waals surface area contributed by atoms with Gasteiger partial charge in [-0.05, 0) is 31.2 Å². The molecule has 86 valence electrons. The molecule has 0 saturated heterocycles. The number of hydrogen-bond acceptors (Lipinski definition) is 3. The molecule has 0 aliphatic carbocycles. The average Bonchev–Trinajstić information content (AvgIpc) is 2.29. The molecule has 0 bridgehead atoms. The van der Waals surface area contributed by atoms with Crippen LogP contribution in [0.3, 0.4) is 0 Å². The highest BCUT2D eigenvalue weighted by Gasteiger charge is 2.10. The van der Waals surface area contributed by atoms with E-state index in [1.165, 1.54) is 14.0 Å². The second-order valence-electron chi connectivity index (χ2n) is 3.30. The largest absolute Gasteiger partial charge is 0.465 e. The molecule has 0 aliphatic rings. The van der Waals surface area contributed by atoms with Gasteiger partial charge in [-0.1, -0.05) is 0 Å². The number of esters is 1. The van der Waals surface area contributed by atoms with Crippen LogP contribution < -0.4 is 4.90 Å². The van der Waals surface area contributed by atoms with E-state index in [4.69, 9.17) is 0 Å². The zero-order chi connectivity index (χ0) is 12.1. The lowest BCUT2D eigenvalue weighted by molar-refractivity contribution is -0.116. The Kier molecular flexibility index (Phi) is 4.05. The average molecular weight is 221 g/mol. The molecule has 0 heterocycles. The molecule has 1 rings (SSSR count). The lowest BCUT2D eigenvalue weighted by atomic mass is 10.2. The lowest BCUT2D eigenvalue weighted by Gasteiger charge is -2.18. The lowest BCUT2D eigenvalue weighted by Crippen LogP contribution is -2.27. The number of nitrogens with zero attached hydrogens (tertiary/aromatic N) is 1. The second-order valence-corrected chi connectivity index (χ2v) is 3.30. The van der Waals surface area contributed by atoms with E-state index in [0.29, 0.717) is 12.1 Å². The predicted molar refractivity (Wildman–Crippen MR) is 61.5 cm³/mol. The smallest absolute Gasteiger partial charge is 0.337 e. The van der Waals surface area contributed by atoms with Crippen LogP contribution >= 0.6 is 0 Å². The minimum atomic E-state index is -0.377. The van der Waals surface area contributed by atoms with Gasteiger partial charge in [0.1, 0.15) is 0 Å². The van der Waals surface area contributed by atoms with Gasteiger partial charge in [-0.15, -0.1) is 0 Å². The Morgan fingerprint density at radius 2 is 1.81 bits per heavy atom. The van der Waals surface area contributed by atoms with Gasteiger partial charge in [0.05, 0.1) is 12.7 Å². The van der Waals surface area contributed by atoms with E-state index in [1.807, 2.05) is 6.92 Å². The zero-order valence-electron chi connectivity index (χ0n) is 9.69. The number of carbonyl (C=O) groups excluding carboxylic acids is 2. The number of amides is 1. The van der Waals surface area contributed by atoms with Gasteiger partial charge < -0.3 is 9.64 Å². The number of benzene rings is 1. The molecule has 0 fully saturated rings. The molecule has 0 N–H and O–H groups in total. The molecule has 1 amide bonds. The van der Waals surface area contributed by atoms with E-state index >= 15 is 0 Å². The zero-order valence-corrected chi connectivity index (χ0v) is 9.69. The van der Waals surface area contributed by atoms with E-state index in [-0.39, 0.29) is 11.9 Å². The van der Waals surface area contributed by atoms with E-state index in [1.54, 1.807) is 29.2 Å². The third kappa shape index (κ3) is 2.59. The van der Waals surface area contributed by atoms with Crippen molar-refractivity contribution in [3.05, 3.63) is 29.8 Å². The van der Waals surface area contributed by atoms with E-state index < -0.39 is 0 Å². The van der Waals surface area contributed by atoms with Crippen molar-refractivity contribution >= 4 is 17.6 Å². The molecule has 16 heavy (non-hydrogen) atoms. The molecular weight excluding hydrogens is 206 g/mol. The van der Waals surface area contributed by atoms with Gasteiger partial charge in [0.25, 0.3) is 0 Å². The van der Waals surface area contributed by atoms with Crippen LogP contribution in [0.1, 0.15) is 24.2 Å². The van der Waals surface area contributed by atoms with Crippen molar-refractivity contribution in [3.8, 4) is 0 Å². The topological polar surface area (TPSA) is 46.6 Å². The van der Waals surface area contributed by atoms with Crippen LogP contribution in [0.2, 0.25) is 0 Å². The fraction of sp³-hybridized carbons (Fsp3) is 0.333. The van der Waals surface area contributed by atoms with Crippen molar-refractivity contribution in [2.24, 2.45) is 0 Å². The monoisotopic (exact) mass is 221 g/mol. The number of anilines is 1. The van der Waals surface area contributed by atoms with E-state index in [0.717, 1.165) is 5.69 Å². The molecule has 1 aromatic carbocycles. The number of rotatable bonds is 3. The maximum atomic E-state index is 11.3. The van der Waals surface area contributed by atoms with Crippen molar-refractivity contribution in [2.45, 2.75) is 13.8 Å². The first-order valence-electron chi connectivity index (χ1n) is 5.06. The van der Waals surface area contributed by atoms with Crippen LogP contribution in [0, 0.1) is 0 Å². The Labute approximate surface area is 94.8 Å². The third-order valence-electron chi connectivity index (χ3n) is 2.30. The molecule has 1 aromatic rings. The van der Waals surface area contributed by atoms with Crippen LogP contribution in [0.15, 0.2) is 24.3 Å². The Hall–Kier alpha value is -1.84. The Morgan fingerprint density at radius 3 is 2.19 bits per heavy atom. The first-order valence-corrected chi connectivity index (χ1v) is 5.06. The maximum Gasteiger partial charge on any atom is 0.337 e. The molecule has 0 saturated carbocycles. The quantitative estimate of drug-likeness (QED) is 0.732. The normalized spacial score (nSPS) is 9.69. The summed E-state index contributed by atoms with van der Waals surface area (Å²) in [6, 6.07) is 6.76. The van der Waals surface area contributed by atoms with E-state index in [9.17, 15) is 9.59 Å². The molecule has 0 unspecified atom stereocenters. The molecule has 0 aliphatic heterocycles. The Balaban J connectivity index is 2.93. The molecule has 0 spiro atoms. The van der Waals surface area contributed by atoms with Crippen LogP contribution in [-0.4, -0.2) is 25.5 Å². The van der Waals surface area contributed by atoms with Crippen molar-refractivity contribution in [1.29, 1.82) is 0 Å². The van der Waals surface area contributed by atoms with Crippen molar-refractivity contribution in [3.63, 3.8) is 0 Å². The third-order valence-corrected chi connectivity index (χ3v) is 2.30. The fourth-order valence-corrected chi connectivity index (χ4v) is 1.48. The number of hydrogen-bond donors (Lipinski definition) is 0. The summed E-state index contributed by atoms with van der Waals surface area (Å²) in [7, 11) is 1.34. The molecule has 4 heteroatoms. The van der Waals surface area contributed by atoms with Gasteiger partial charge in [-0.2, -0.15) is 0 Å². The number of carbonyl (C=O) groups is 2. The van der Waals surface area contributed by atoms with Gasteiger partial charge >= 0.3 is 5.97 Å².